The number of rotatable bonds is 6. The van der Waals surface area contributed by atoms with Gasteiger partial charge >= 0.3 is 22.5 Å². The quantitative estimate of drug-likeness (QED) is 0.186. The second-order valence-corrected chi connectivity index (χ2v) is 14.8. The van der Waals surface area contributed by atoms with Gasteiger partial charge in [0.1, 0.15) is 23.4 Å². The molecule has 0 saturated heterocycles. The summed E-state index contributed by atoms with van der Waals surface area (Å²) < 4.78 is 21.5. The number of aromatic nitrogens is 8. The number of carbonyl (C=O) groups excluding carboxylic acids is 1. The summed E-state index contributed by atoms with van der Waals surface area (Å²) in [6.07, 6.45) is 18.8. The maximum atomic E-state index is 12.6. The summed E-state index contributed by atoms with van der Waals surface area (Å²) in [5.74, 6) is 2.18. The van der Waals surface area contributed by atoms with E-state index in [1.54, 1.807) is 31.0 Å². The summed E-state index contributed by atoms with van der Waals surface area (Å²) in [7, 11) is 0. The fraction of sp³-hybridized carbons (Fsp3) is 0.425. The predicted molar refractivity (Wildman–Crippen MR) is 198 cm³/mol. The summed E-state index contributed by atoms with van der Waals surface area (Å²) in [5, 5.41) is 10.6. The molecule has 0 radical (unpaired) electrons. The molecule has 2 fully saturated rings. The number of ketones is 1. The van der Waals surface area contributed by atoms with Crippen LogP contribution in [0.15, 0.2) is 73.6 Å². The Bertz CT molecular complexity index is 2300. The van der Waals surface area contributed by atoms with Crippen molar-refractivity contribution in [3.8, 4) is 0 Å². The van der Waals surface area contributed by atoms with Crippen LogP contribution in [0.3, 0.4) is 0 Å². The molecule has 4 aliphatic rings. The molecule has 10 rings (SSSR count). The van der Waals surface area contributed by atoms with Crippen LogP contribution in [0.25, 0.3) is 22.1 Å². The first-order valence-electron chi connectivity index (χ1n) is 19.1. The number of imidazole rings is 2. The molecule has 0 bridgehead atoms. The Hall–Kier alpha value is -4.79. The van der Waals surface area contributed by atoms with Crippen LogP contribution in [0.4, 0.5) is 0 Å². The molecule has 14 nitrogen and oxygen atoms in total. The standard InChI is InChI=1S/C20H23N5O.C20H21N5O.Mn.2O/c2*26-20(17-13-21-7-8-22-17)14-4-5-18-16(12-14)23-19-6-9-24(10-11-25(18)19)15-2-1-3-15;;;/h4-5,7-8,12-13,15,20,26H,1-3,6,9-11H2;4-5,7-8,12-13,15H,1-3,6,9-11H2;;;. The molecule has 1 unspecified atom stereocenters. The molecule has 1 atom stereocenters. The SMILES string of the molecule is O=C(c1ccc2c(c1)nc1n2CCN(C2CCC2)CC1)c1cnccn1.OC(c1ccc2c(c1)nc1n2CCN(C2CCC2)CC1)c1cnccn1.[O]=[Mn]=[O]. The molecule has 2 saturated carbocycles. The van der Waals surface area contributed by atoms with Crippen molar-refractivity contribution >= 4 is 27.9 Å². The molecule has 1 N–H and O–H groups in total. The fourth-order valence-electron chi connectivity index (χ4n) is 8.16. The molecule has 6 heterocycles. The fourth-order valence-corrected chi connectivity index (χ4v) is 8.16. The van der Waals surface area contributed by atoms with E-state index < -0.39 is 20.9 Å². The van der Waals surface area contributed by atoms with E-state index in [0.717, 1.165) is 103 Å². The van der Waals surface area contributed by atoms with Gasteiger partial charge in [0.2, 0.25) is 5.78 Å². The van der Waals surface area contributed by atoms with Gasteiger partial charge in [-0.1, -0.05) is 18.9 Å². The number of fused-ring (bicyclic) bond motifs is 6. The van der Waals surface area contributed by atoms with Crippen LogP contribution < -0.4 is 0 Å². The summed E-state index contributed by atoms with van der Waals surface area (Å²) in [5.41, 5.74) is 6.47. The van der Waals surface area contributed by atoms with Crippen molar-refractivity contribution in [1.29, 1.82) is 0 Å². The topological polar surface area (TPSA) is 165 Å². The molecule has 4 aromatic heterocycles. The van der Waals surface area contributed by atoms with E-state index in [2.05, 4.69) is 44.9 Å². The Morgan fingerprint density at radius 3 is 1.78 bits per heavy atom. The minimum atomic E-state index is -1.44. The normalized spacial score (nSPS) is 18.2. The first-order chi connectivity index (χ1) is 27.0. The van der Waals surface area contributed by atoms with Gasteiger partial charge < -0.3 is 14.2 Å². The number of hydrogen-bond donors (Lipinski definition) is 1. The molecule has 15 heteroatoms. The van der Waals surface area contributed by atoms with E-state index in [9.17, 15) is 9.90 Å². The van der Waals surface area contributed by atoms with Crippen molar-refractivity contribution in [1.82, 2.24) is 48.8 Å². The monoisotopic (exact) mass is 783 g/mol. The zero-order chi connectivity index (χ0) is 37.7. The molecule has 2 aliphatic carbocycles. The van der Waals surface area contributed by atoms with Gasteiger partial charge in [-0.3, -0.25) is 29.5 Å². The van der Waals surface area contributed by atoms with Gasteiger partial charge in [0.05, 0.1) is 40.2 Å². The minimum absolute atomic E-state index is 0.112. The number of carbonyl (C=O) groups is 1. The number of benzene rings is 2. The summed E-state index contributed by atoms with van der Waals surface area (Å²) in [6.45, 7) is 6.34. The number of aliphatic hydroxyl groups excluding tert-OH is 1. The number of aliphatic hydroxyl groups is 1. The van der Waals surface area contributed by atoms with Crippen LogP contribution in [0.5, 0.6) is 0 Å². The Kier molecular flexibility index (Phi) is 11.4. The van der Waals surface area contributed by atoms with E-state index >= 15 is 0 Å². The van der Waals surface area contributed by atoms with E-state index in [1.165, 1.54) is 44.7 Å². The van der Waals surface area contributed by atoms with E-state index in [-0.39, 0.29) is 5.78 Å². The van der Waals surface area contributed by atoms with E-state index in [1.807, 2.05) is 30.3 Å². The van der Waals surface area contributed by atoms with Gasteiger partial charge in [-0.2, -0.15) is 0 Å². The Labute approximate surface area is 324 Å². The summed E-state index contributed by atoms with van der Waals surface area (Å²) in [4.78, 5) is 43.9. The van der Waals surface area contributed by atoms with Crippen molar-refractivity contribution < 1.29 is 32.4 Å². The third kappa shape index (κ3) is 7.98. The van der Waals surface area contributed by atoms with Gasteiger partial charge in [0.15, 0.2) is 0 Å². The van der Waals surface area contributed by atoms with Crippen molar-refractivity contribution in [2.24, 2.45) is 0 Å². The Morgan fingerprint density at radius 2 is 1.25 bits per heavy atom. The van der Waals surface area contributed by atoms with Crippen LogP contribution in [-0.4, -0.2) is 98.0 Å². The number of nitrogens with zero attached hydrogens (tertiary/aromatic N) is 10. The molecule has 2 aliphatic heterocycles. The van der Waals surface area contributed by atoms with Crippen LogP contribution in [0, 0.1) is 0 Å². The molecule has 0 amide bonds. The first kappa shape index (κ1) is 37.1. The van der Waals surface area contributed by atoms with Crippen molar-refractivity contribution in [3.63, 3.8) is 0 Å². The average Bonchev–Trinajstić information content (AvgIpc) is 3.55. The maximum absolute atomic E-state index is 12.6. The molecular formula is C40H44MnN10O4. The van der Waals surface area contributed by atoms with Gasteiger partial charge in [0, 0.05) is 94.5 Å². The summed E-state index contributed by atoms with van der Waals surface area (Å²) in [6, 6.07) is 13.4. The van der Waals surface area contributed by atoms with Gasteiger partial charge in [-0.05, 0) is 61.6 Å². The van der Waals surface area contributed by atoms with Crippen LogP contribution in [0.1, 0.15) is 83.6 Å². The molecule has 0 spiro atoms. The van der Waals surface area contributed by atoms with Gasteiger partial charge in [0.25, 0.3) is 0 Å². The zero-order valence-electron chi connectivity index (χ0n) is 30.6. The van der Waals surface area contributed by atoms with Crippen LogP contribution >= 0.6 is 0 Å². The third-order valence-electron chi connectivity index (χ3n) is 11.6. The second-order valence-electron chi connectivity index (χ2n) is 14.6. The Balaban J connectivity index is 0.000000145. The molecular weight excluding hydrogens is 739 g/mol. The van der Waals surface area contributed by atoms with Crippen LogP contribution in [-0.2, 0) is 48.4 Å². The molecule has 6 aromatic rings. The van der Waals surface area contributed by atoms with Crippen molar-refractivity contribution in [2.45, 2.75) is 82.6 Å². The molecule has 285 valence electrons. The third-order valence-corrected chi connectivity index (χ3v) is 11.6. The first-order valence-corrected chi connectivity index (χ1v) is 20.1. The number of hydrogen-bond acceptors (Lipinski definition) is 12. The van der Waals surface area contributed by atoms with Gasteiger partial charge in [-0.25, -0.2) is 15.0 Å². The van der Waals surface area contributed by atoms with Crippen molar-refractivity contribution in [2.75, 3.05) is 26.2 Å². The van der Waals surface area contributed by atoms with Crippen molar-refractivity contribution in [3.05, 3.63) is 108 Å². The molecule has 2 aromatic carbocycles. The predicted octanol–water partition coefficient (Wildman–Crippen LogP) is 4.55. The second kappa shape index (κ2) is 16.9. The molecule has 55 heavy (non-hydrogen) atoms. The Morgan fingerprint density at radius 1 is 0.691 bits per heavy atom. The van der Waals surface area contributed by atoms with Crippen LogP contribution in [0.2, 0.25) is 0 Å². The van der Waals surface area contributed by atoms with E-state index in [0.29, 0.717) is 17.0 Å². The summed E-state index contributed by atoms with van der Waals surface area (Å²) >= 11 is -1.44. The zero-order valence-corrected chi connectivity index (χ0v) is 31.8. The van der Waals surface area contributed by atoms with E-state index in [4.69, 9.17) is 17.6 Å². The van der Waals surface area contributed by atoms with Gasteiger partial charge in [-0.15, -0.1) is 0 Å². The average molecular weight is 784 g/mol.